The number of aromatic amines is 1. The lowest BCUT2D eigenvalue weighted by molar-refractivity contribution is -0.136. The molecular weight excluding hydrogens is 659 g/mol. The first-order chi connectivity index (χ1) is 23.2. The summed E-state index contributed by atoms with van der Waals surface area (Å²) in [7, 11) is 1.30. The van der Waals surface area contributed by atoms with Gasteiger partial charge in [-0.3, -0.25) is 19.6 Å². The second-order valence-electron chi connectivity index (χ2n) is 11.6. The number of nitrogens with one attached hydrogen (secondary N) is 2. The number of carbonyl (C=O) groups is 3. The normalized spacial score (nSPS) is 19.7. The molecule has 0 aliphatic carbocycles. The molecule has 2 N–H and O–H groups in total. The number of rotatable bonds is 8. The zero-order valence-electron chi connectivity index (χ0n) is 25.9. The van der Waals surface area contributed by atoms with Crippen LogP contribution in [0.4, 0.5) is 15.1 Å². The Morgan fingerprint density at radius 1 is 1.12 bits per heavy atom. The smallest absolute Gasteiger partial charge is 0.338 e. The molecule has 2 saturated heterocycles. The van der Waals surface area contributed by atoms with Gasteiger partial charge in [-0.05, 0) is 24.6 Å². The maximum Gasteiger partial charge on any atom is 0.338 e. The average Bonchev–Trinajstić information content (AvgIpc) is 3.85. The Morgan fingerprint density at radius 2 is 1.94 bits per heavy atom. The molecule has 2 atom stereocenters. The Kier molecular flexibility index (Phi) is 8.54. The molecule has 2 aromatic heterocycles. The predicted molar refractivity (Wildman–Crippen MR) is 179 cm³/mol. The summed E-state index contributed by atoms with van der Waals surface area (Å²) in [5.41, 5.74) is 3.49. The number of Topliss-reactive ketones (excluding diaryl/α,β-unsaturated/α-hetero) is 1. The van der Waals surface area contributed by atoms with Crippen molar-refractivity contribution in [3.63, 3.8) is 0 Å². The van der Waals surface area contributed by atoms with Crippen molar-refractivity contribution in [2.45, 2.75) is 19.0 Å². The van der Waals surface area contributed by atoms with Gasteiger partial charge in [0, 0.05) is 59.6 Å². The topological polar surface area (TPSA) is 136 Å². The number of ketones is 1. The molecule has 48 heavy (non-hydrogen) atoms. The van der Waals surface area contributed by atoms with Crippen molar-refractivity contribution in [1.29, 1.82) is 0 Å². The highest BCUT2D eigenvalue weighted by Gasteiger charge is 2.43. The van der Waals surface area contributed by atoms with Crippen LogP contribution in [0.5, 0.6) is 0 Å². The number of urea groups is 1. The van der Waals surface area contributed by atoms with Crippen molar-refractivity contribution in [2.75, 3.05) is 44.7 Å². The number of piperazine rings is 1. The molecule has 3 aliphatic rings. The Hall–Kier alpha value is -4.92. The van der Waals surface area contributed by atoms with E-state index in [1.165, 1.54) is 43.6 Å². The van der Waals surface area contributed by atoms with Crippen molar-refractivity contribution in [3.8, 4) is 11.3 Å². The fraction of sp³-hybridized carbons (Fsp3) is 0.273. The van der Waals surface area contributed by atoms with Gasteiger partial charge >= 0.3 is 12.0 Å². The van der Waals surface area contributed by atoms with Crippen LogP contribution in [0.1, 0.15) is 33.9 Å². The van der Waals surface area contributed by atoms with Gasteiger partial charge in [0.2, 0.25) is 5.95 Å². The van der Waals surface area contributed by atoms with E-state index < -0.39 is 17.8 Å². The van der Waals surface area contributed by atoms with Crippen molar-refractivity contribution in [3.05, 3.63) is 98.5 Å². The number of ether oxygens (including phenoxy) is 1. The molecule has 2 amide bonds. The molecule has 0 unspecified atom stereocenters. The largest absolute Gasteiger partial charge is 0.466 e. The van der Waals surface area contributed by atoms with E-state index in [2.05, 4.69) is 25.2 Å². The van der Waals surface area contributed by atoms with Crippen molar-refractivity contribution >= 4 is 52.5 Å². The minimum absolute atomic E-state index is 0.0116. The van der Waals surface area contributed by atoms with Crippen LogP contribution in [0.15, 0.2) is 76.5 Å². The molecule has 246 valence electrons. The number of H-pyrrole nitrogens is 1. The highest BCUT2D eigenvalue weighted by Crippen LogP contribution is 2.37. The minimum Gasteiger partial charge on any atom is -0.466 e. The van der Waals surface area contributed by atoms with Crippen LogP contribution in [-0.2, 0) is 9.53 Å². The Labute approximate surface area is 283 Å². The standard InChI is InChI=1S/C33H30ClFN8O4S/c1-18(44)19-3-5-20(6-4-19)25-14-37-32(39-25)43-16-22-15-41(10-11-42(22)33(43)46)17-26-27(31(45)47-2)28(23-8-7-21(35)13-24(23)34)40-29(38-26)30-36-9-12-48-30/h3-9,12-14,22,28H,10-11,15-17H2,1-2H3,(H,37,39)(H,38,40)/t22-,28-/m0/s1. The first kappa shape index (κ1) is 31.7. The van der Waals surface area contributed by atoms with Crippen molar-refractivity contribution < 1.29 is 23.5 Å². The second kappa shape index (κ2) is 12.9. The van der Waals surface area contributed by atoms with E-state index in [0.29, 0.717) is 66.3 Å². The number of nitrogens with zero attached hydrogens (tertiary/aromatic N) is 6. The van der Waals surface area contributed by atoms with E-state index in [0.717, 1.165) is 11.3 Å². The minimum atomic E-state index is -0.864. The summed E-state index contributed by atoms with van der Waals surface area (Å²) in [6.45, 7) is 3.82. The fourth-order valence-electron chi connectivity index (χ4n) is 6.26. The second-order valence-corrected chi connectivity index (χ2v) is 12.9. The van der Waals surface area contributed by atoms with Crippen LogP contribution in [0, 0.1) is 5.82 Å². The molecule has 12 nitrogen and oxygen atoms in total. The zero-order chi connectivity index (χ0) is 33.5. The fourth-order valence-corrected chi connectivity index (χ4v) is 7.12. The van der Waals surface area contributed by atoms with Crippen LogP contribution in [-0.4, -0.2) is 94.2 Å². The van der Waals surface area contributed by atoms with Gasteiger partial charge in [0.15, 0.2) is 16.6 Å². The van der Waals surface area contributed by atoms with E-state index in [4.69, 9.17) is 21.3 Å². The molecule has 15 heteroatoms. The lowest BCUT2D eigenvalue weighted by Gasteiger charge is -2.38. The number of aliphatic imine (C=N–C) groups is 1. The van der Waals surface area contributed by atoms with Crippen molar-refractivity contribution in [1.82, 2.24) is 30.1 Å². The van der Waals surface area contributed by atoms with Crippen LogP contribution < -0.4 is 10.2 Å². The number of hydrogen-bond acceptors (Lipinski definition) is 10. The predicted octanol–water partition coefficient (Wildman–Crippen LogP) is 4.67. The van der Waals surface area contributed by atoms with Crippen LogP contribution >= 0.6 is 22.9 Å². The van der Waals surface area contributed by atoms with Gasteiger partial charge in [-0.25, -0.2) is 23.9 Å². The van der Waals surface area contributed by atoms with E-state index in [1.807, 2.05) is 22.4 Å². The number of hydrogen-bond donors (Lipinski definition) is 2. The third-order valence-electron chi connectivity index (χ3n) is 8.66. The number of thiazole rings is 1. The SMILES string of the molecule is COC(=O)C1=C(CN2CCN3C(=O)N(c4ncc(-c5ccc(C(C)=O)cc5)[nH]4)C[C@@H]3C2)NC(c2nccs2)=N[C@H]1c1ccc(F)cc1Cl. The summed E-state index contributed by atoms with van der Waals surface area (Å²) in [6, 6.07) is 10.1. The lowest BCUT2D eigenvalue weighted by atomic mass is 9.95. The molecule has 5 heterocycles. The van der Waals surface area contributed by atoms with E-state index in [-0.39, 0.29) is 28.5 Å². The van der Waals surface area contributed by atoms with E-state index in [1.54, 1.807) is 29.4 Å². The molecule has 2 aromatic carbocycles. The summed E-state index contributed by atoms with van der Waals surface area (Å²) in [6.07, 6.45) is 3.34. The third-order valence-corrected chi connectivity index (χ3v) is 9.77. The summed E-state index contributed by atoms with van der Waals surface area (Å²) in [5.74, 6) is -0.196. The number of amides is 2. The molecule has 0 bridgehead atoms. The first-order valence-electron chi connectivity index (χ1n) is 15.2. The molecule has 0 saturated carbocycles. The number of benzene rings is 2. The van der Waals surface area contributed by atoms with Crippen LogP contribution in [0.25, 0.3) is 11.3 Å². The first-order valence-corrected chi connectivity index (χ1v) is 16.4. The Balaban J connectivity index is 1.13. The van der Waals surface area contributed by atoms with Gasteiger partial charge in [-0.1, -0.05) is 41.9 Å². The highest BCUT2D eigenvalue weighted by atomic mass is 35.5. The number of carbonyl (C=O) groups excluding carboxylic acids is 3. The Morgan fingerprint density at radius 3 is 2.65 bits per heavy atom. The van der Waals surface area contributed by atoms with Crippen LogP contribution in [0.2, 0.25) is 5.02 Å². The third kappa shape index (κ3) is 5.98. The lowest BCUT2D eigenvalue weighted by Crippen LogP contribution is -2.53. The molecule has 0 spiro atoms. The average molecular weight is 689 g/mol. The number of imidazole rings is 1. The van der Waals surface area contributed by atoms with Crippen LogP contribution in [0.3, 0.4) is 0 Å². The maximum atomic E-state index is 14.0. The van der Waals surface area contributed by atoms with E-state index in [9.17, 15) is 18.8 Å². The van der Waals surface area contributed by atoms with Gasteiger partial charge in [-0.2, -0.15) is 0 Å². The molecule has 0 radical (unpaired) electrons. The number of amidine groups is 1. The molecule has 7 rings (SSSR count). The summed E-state index contributed by atoms with van der Waals surface area (Å²) in [5, 5.41) is 5.91. The van der Waals surface area contributed by atoms with E-state index >= 15 is 0 Å². The number of fused-ring (bicyclic) bond motifs is 1. The highest BCUT2D eigenvalue weighted by molar-refractivity contribution is 7.11. The van der Waals surface area contributed by atoms with Gasteiger partial charge in [0.1, 0.15) is 11.9 Å². The number of esters is 1. The maximum absolute atomic E-state index is 14.0. The number of methoxy groups -OCH3 is 1. The Bertz CT molecular complexity index is 1960. The molecular formula is C33H30ClFN8O4S. The number of anilines is 1. The molecule has 2 fully saturated rings. The monoisotopic (exact) mass is 688 g/mol. The molecule has 3 aliphatic heterocycles. The van der Waals surface area contributed by atoms with Gasteiger partial charge < -0.3 is 19.9 Å². The zero-order valence-corrected chi connectivity index (χ0v) is 27.5. The van der Waals surface area contributed by atoms with Gasteiger partial charge in [-0.15, -0.1) is 11.3 Å². The van der Waals surface area contributed by atoms with Gasteiger partial charge in [0.05, 0.1) is 37.2 Å². The van der Waals surface area contributed by atoms with Crippen molar-refractivity contribution in [2.24, 2.45) is 4.99 Å². The number of halogens is 2. The quantitative estimate of drug-likeness (QED) is 0.201. The summed E-state index contributed by atoms with van der Waals surface area (Å²) >= 11 is 7.88. The summed E-state index contributed by atoms with van der Waals surface area (Å²) < 4.78 is 19.2. The number of aromatic nitrogens is 3. The van der Waals surface area contributed by atoms with Gasteiger partial charge in [0.25, 0.3) is 0 Å². The summed E-state index contributed by atoms with van der Waals surface area (Å²) in [4.78, 5) is 61.1. The molecule has 4 aromatic rings.